The van der Waals surface area contributed by atoms with Gasteiger partial charge in [-0.2, -0.15) is 0 Å². The van der Waals surface area contributed by atoms with Crippen molar-refractivity contribution in [1.82, 2.24) is 0 Å². The van der Waals surface area contributed by atoms with Gasteiger partial charge in [0.15, 0.2) is 0 Å². The lowest BCUT2D eigenvalue weighted by molar-refractivity contribution is 0.479. The Balaban J connectivity index is 2.31. The summed E-state index contributed by atoms with van der Waals surface area (Å²) in [7, 11) is 0. The van der Waals surface area contributed by atoms with Gasteiger partial charge >= 0.3 is 0 Å². The molecule has 0 aliphatic rings. The summed E-state index contributed by atoms with van der Waals surface area (Å²) in [5, 5.41) is 1.08. The van der Waals surface area contributed by atoms with E-state index in [9.17, 15) is 0 Å². The van der Waals surface area contributed by atoms with Crippen LogP contribution in [0.1, 0.15) is 5.56 Å². The van der Waals surface area contributed by atoms with E-state index in [4.69, 9.17) is 33.7 Å². The van der Waals surface area contributed by atoms with Crippen LogP contribution in [0.25, 0.3) is 0 Å². The molecule has 0 aromatic heterocycles. The van der Waals surface area contributed by atoms with Gasteiger partial charge in [-0.15, -0.1) is 0 Å². The predicted octanol–water partition coefficient (Wildman–Crippen LogP) is 4.68. The molecule has 0 heterocycles. The van der Waals surface area contributed by atoms with Crippen LogP contribution in [-0.4, -0.2) is 0 Å². The van der Waals surface area contributed by atoms with Gasteiger partial charge in [0, 0.05) is 15.7 Å². The fraction of sp³-hybridized carbons (Fsp3) is 0.0769. The minimum absolute atomic E-state index is 0.542. The molecule has 0 atom stereocenters. The Morgan fingerprint density at radius 1 is 1.00 bits per heavy atom. The van der Waals surface area contributed by atoms with Crippen LogP contribution in [-0.2, 0) is 0 Å². The van der Waals surface area contributed by atoms with Gasteiger partial charge in [-0.3, -0.25) is 0 Å². The van der Waals surface area contributed by atoms with E-state index in [2.05, 4.69) is 0 Å². The van der Waals surface area contributed by atoms with Gasteiger partial charge in [-0.1, -0.05) is 23.2 Å². The van der Waals surface area contributed by atoms with E-state index in [-0.39, 0.29) is 0 Å². The van der Waals surface area contributed by atoms with Gasteiger partial charge in [-0.25, -0.2) is 0 Å². The van der Waals surface area contributed by atoms with Gasteiger partial charge in [0.25, 0.3) is 0 Å². The molecule has 4 heteroatoms. The second kappa shape index (κ2) is 4.86. The Morgan fingerprint density at radius 2 is 1.65 bits per heavy atom. The topological polar surface area (TPSA) is 35.2 Å². The highest BCUT2D eigenvalue weighted by Gasteiger charge is 2.04. The number of nitrogens with two attached hydrogens (primary N) is 1. The Morgan fingerprint density at radius 3 is 2.24 bits per heavy atom. The Kier molecular flexibility index (Phi) is 3.46. The van der Waals surface area contributed by atoms with E-state index < -0.39 is 0 Å². The Hall–Kier alpha value is -1.38. The van der Waals surface area contributed by atoms with Crippen LogP contribution in [0.5, 0.6) is 11.5 Å². The lowest BCUT2D eigenvalue weighted by atomic mass is 10.2. The maximum atomic E-state index is 5.90. The van der Waals surface area contributed by atoms with E-state index in [1.54, 1.807) is 24.3 Å². The maximum absolute atomic E-state index is 5.90. The summed E-state index contributed by atoms with van der Waals surface area (Å²) in [5.41, 5.74) is 7.34. The molecule has 0 unspecified atom stereocenters. The second-order valence-corrected chi connectivity index (χ2v) is 4.61. The number of rotatable bonds is 2. The first-order valence-electron chi connectivity index (χ1n) is 5.04. The summed E-state index contributed by atoms with van der Waals surface area (Å²) in [4.78, 5) is 0. The van der Waals surface area contributed by atoms with Gasteiger partial charge in [0.1, 0.15) is 11.5 Å². The zero-order valence-corrected chi connectivity index (χ0v) is 10.7. The third-order valence-corrected chi connectivity index (χ3v) is 2.70. The molecule has 17 heavy (non-hydrogen) atoms. The standard InChI is InChI=1S/C13H11Cl2NO/c1-8-4-11(16)2-3-13(8)17-12-6-9(14)5-10(15)7-12/h2-7H,16H2,1H3. The highest BCUT2D eigenvalue weighted by molar-refractivity contribution is 6.34. The zero-order chi connectivity index (χ0) is 12.4. The van der Waals surface area contributed by atoms with E-state index in [0.29, 0.717) is 21.5 Å². The van der Waals surface area contributed by atoms with Crippen molar-refractivity contribution in [3.63, 3.8) is 0 Å². The maximum Gasteiger partial charge on any atom is 0.130 e. The smallest absolute Gasteiger partial charge is 0.130 e. The Labute approximate surface area is 110 Å². The number of benzene rings is 2. The normalized spacial score (nSPS) is 10.3. The van der Waals surface area contributed by atoms with Crippen LogP contribution in [0.2, 0.25) is 10.0 Å². The van der Waals surface area contributed by atoms with Crippen molar-refractivity contribution in [3.8, 4) is 11.5 Å². The highest BCUT2D eigenvalue weighted by Crippen LogP contribution is 2.30. The van der Waals surface area contributed by atoms with Gasteiger partial charge < -0.3 is 10.5 Å². The number of aryl methyl sites for hydroxylation is 1. The molecule has 0 amide bonds. The van der Waals surface area contributed by atoms with Crippen molar-refractivity contribution in [2.75, 3.05) is 5.73 Å². The van der Waals surface area contributed by atoms with Crippen LogP contribution < -0.4 is 10.5 Å². The molecule has 0 radical (unpaired) electrons. The second-order valence-electron chi connectivity index (χ2n) is 3.73. The molecule has 0 spiro atoms. The largest absolute Gasteiger partial charge is 0.457 e. The van der Waals surface area contributed by atoms with Gasteiger partial charge in [0.05, 0.1) is 0 Å². The van der Waals surface area contributed by atoms with Crippen molar-refractivity contribution in [2.45, 2.75) is 6.92 Å². The molecule has 88 valence electrons. The number of ether oxygens (including phenoxy) is 1. The van der Waals surface area contributed by atoms with Gasteiger partial charge in [0.2, 0.25) is 0 Å². The molecule has 0 bridgehead atoms. The predicted molar refractivity (Wildman–Crippen MR) is 72.1 cm³/mol. The number of hydrogen-bond acceptors (Lipinski definition) is 2. The van der Waals surface area contributed by atoms with E-state index in [1.165, 1.54) is 0 Å². The summed E-state index contributed by atoms with van der Waals surface area (Å²) < 4.78 is 5.70. The van der Waals surface area contributed by atoms with Crippen LogP contribution in [0.4, 0.5) is 5.69 Å². The highest BCUT2D eigenvalue weighted by atomic mass is 35.5. The monoisotopic (exact) mass is 267 g/mol. The van der Waals surface area contributed by atoms with Crippen molar-refractivity contribution < 1.29 is 4.74 Å². The number of nitrogen functional groups attached to an aromatic ring is 1. The lowest BCUT2D eigenvalue weighted by Gasteiger charge is -2.09. The third-order valence-electron chi connectivity index (χ3n) is 2.26. The number of anilines is 1. The fourth-order valence-electron chi connectivity index (χ4n) is 1.50. The van der Waals surface area contributed by atoms with Gasteiger partial charge in [-0.05, 0) is 48.9 Å². The molecular formula is C13H11Cl2NO. The summed E-state index contributed by atoms with van der Waals surface area (Å²) in [6.45, 7) is 1.93. The SMILES string of the molecule is Cc1cc(N)ccc1Oc1cc(Cl)cc(Cl)c1. The first-order chi connectivity index (χ1) is 8.04. The number of halogens is 2. The third kappa shape index (κ3) is 3.05. The first kappa shape index (κ1) is 12.1. The van der Waals surface area contributed by atoms with E-state index in [0.717, 1.165) is 11.3 Å². The lowest BCUT2D eigenvalue weighted by Crippen LogP contribution is -1.90. The fourth-order valence-corrected chi connectivity index (χ4v) is 2.01. The molecule has 2 rings (SSSR count). The van der Waals surface area contributed by atoms with Crippen molar-refractivity contribution in [1.29, 1.82) is 0 Å². The molecule has 2 aromatic carbocycles. The average Bonchev–Trinajstić information content (AvgIpc) is 2.21. The average molecular weight is 268 g/mol. The molecule has 0 fully saturated rings. The van der Waals surface area contributed by atoms with E-state index >= 15 is 0 Å². The molecule has 0 saturated carbocycles. The summed E-state index contributed by atoms with van der Waals surface area (Å²) in [6, 6.07) is 10.5. The van der Waals surface area contributed by atoms with E-state index in [1.807, 2.05) is 19.1 Å². The number of hydrogen-bond donors (Lipinski definition) is 1. The summed E-state index contributed by atoms with van der Waals surface area (Å²) in [5.74, 6) is 1.34. The molecule has 0 aliphatic carbocycles. The van der Waals surface area contributed by atoms with Crippen molar-refractivity contribution >= 4 is 28.9 Å². The summed E-state index contributed by atoms with van der Waals surface area (Å²) in [6.07, 6.45) is 0. The quantitative estimate of drug-likeness (QED) is 0.803. The molecule has 0 saturated heterocycles. The molecule has 2 N–H and O–H groups in total. The molecular weight excluding hydrogens is 257 g/mol. The van der Waals surface area contributed by atoms with Crippen LogP contribution >= 0.6 is 23.2 Å². The van der Waals surface area contributed by atoms with Crippen LogP contribution in [0.15, 0.2) is 36.4 Å². The molecule has 2 aromatic rings. The summed E-state index contributed by atoms with van der Waals surface area (Å²) >= 11 is 11.8. The Bertz CT molecular complexity index is 535. The van der Waals surface area contributed by atoms with Crippen molar-refractivity contribution in [2.24, 2.45) is 0 Å². The van der Waals surface area contributed by atoms with Crippen LogP contribution in [0, 0.1) is 6.92 Å². The first-order valence-corrected chi connectivity index (χ1v) is 5.80. The minimum Gasteiger partial charge on any atom is -0.457 e. The molecule has 2 nitrogen and oxygen atoms in total. The van der Waals surface area contributed by atoms with Crippen molar-refractivity contribution in [3.05, 3.63) is 52.0 Å². The minimum atomic E-state index is 0.542. The van der Waals surface area contributed by atoms with Crippen LogP contribution in [0.3, 0.4) is 0 Å². The zero-order valence-electron chi connectivity index (χ0n) is 9.21. The molecule has 0 aliphatic heterocycles.